The van der Waals surface area contributed by atoms with Gasteiger partial charge in [0.05, 0.1) is 11.0 Å². The predicted octanol–water partition coefficient (Wildman–Crippen LogP) is 2.37. The fourth-order valence-corrected chi connectivity index (χ4v) is 2.10. The number of rotatable bonds is 4. The van der Waals surface area contributed by atoms with Gasteiger partial charge >= 0.3 is 0 Å². The second-order valence-corrected chi connectivity index (χ2v) is 4.98. The number of non-ortho nitro benzene ring substituents is 1. The number of nitrogens with zero attached hydrogens (tertiary/aromatic N) is 3. The maximum absolute atomic E-state index is 10.7. The summed E-state index contributed by atoms with van der Waals surface area (Å²) in [5.41, 5.74) is 6.07. The predicted molar refractivity (Wildman–Crippen MR) is 69.4 cm³/mol. The van der Waals surface area contributed by atoms with Gasteiger partial charge < -0.3 is 10.5 Å². The highest BCUT2D eigenvalue weighted by molar-refractivity contribution is 9.10. The van der Waals surface area contributed by atoms with E-state index >= 15 is 0 Å². The summed E-state index contributed by atoms with van der Waals surface area (Å²) in [6.07, 6.45) is 0. The molecule has 1 aromatic carbocycles. The van der Waals surface area contributed by atoms with Gasteiger partial charge in [-0.15, -0.1) is 5.10 Å². The molecule has 0 bridgehead atoms. The van der Waals surface area contributed by atoms with Crippen molar-refractivity contribution in [3.05, 3.63) is 38.5 Å². The minimum atomic E-state index is -0.490. The Hall–Kier alpha value is -1.74. The number of hydrogen-bond acceptors (Lipinski definition) is 7. The third kappa shape index (κ3) is 2.93. The first kappa shape index (κ1) is 12.7. The fourth-order valence-electron chi connectivity index (χ4n) is 1.20. The number of hydrogen-bond donors (Lipinski definition) is 1. The Morgan fingerprint density at radius 3 is 2.89 bits per heavy atom. The molecule has 7 nitrogen and oxygen atoms in total. The minimum Gasteiger partial charge on any atom is -0.487 e. The molecule has 0 aliphatic heterocycles. The molecule has 0 fully saturated rings. The largest absolute Gasteiger partial charge is 0.487 e. The van der Waals surface area contributed by atoms with Crippen LogP contribution in [-0.2, 0) is 6.61 Å². The van der Waals surface area contributed by atoms with Crippen molar-refractivity contribution in [3.63, 3.8) is 0 Å². The summed E-state index contributed by atoms with van der Waals surface area (Å²) in [5, 5.41) is 14.9. The molecule has 1 heterocycles. The van der Waals surface area contributed by atoms with Gasteiger partial charge in [-0.2, -0.15) is 0 Å². The van der Waals surface area contributed by atoms with Crippen molar-refractivity contribution in [1.29, 1.82) is 0 Å². The molecular formula is C9H7BrN4O3S. The van der Waals surface area contributed by atoms with Crippen molar-refractivity contribution in [2.75, 3.05) is 5.73 Å². The van der Waals surface area contributed by atoms with E-state index in [0.717, 1.165) is 11.5 Å². The van der Waals surface area contributed by atoms with Gasteiger partial charge in [0.2, 0.25) is 0 Å². The molecule has 0 amide bonds. The Morgan fingerprint density at radius 1 is 1.50 bits per heavy atom. The lowest BCUT2D eigenvalue weighted by Crippen LogP contribution is -1.99. The van der Waals surface area contributed by atoms with Crippen LogP contribution in [0.25, 0.3) is 0 Å². The highest BCUT2D eigenvalue weighted by Gasteiger charge is 2.11. The zero-order chi connectivity index (χ0) is 13.1. The lowest BCUT2D eigenvalue weighted by molar-refractivity contribution is -0.385. The molecule has 18 heavy (non-hydrogen) atoms. The fraction of sp³-hybridized carbons (Fsp3) is 0.111. The molecule has 1 aromatic heterocycles. The van der Waals surface area contributed by atoms with Crippen molar-refractivity contribution >= 4 is 38.2 Å². The molecule has 2 N–H and O–H groups in total. The maximum atomic E-state index is 10.7. The summed E-state index contributed by atoms with van der Waals surface area (Å²) in [5.74, 6) is 0.364. The van der Waals surface area contributed by atoms with Crippen LogP contribution in [0.3, 0.4) is 0 Å². The van der Waals surface area contributed by atoms with E-state index < -0.39 is 4.92 Å². The van der Waals surface area contributed by atoms with Crippen LogP contribution in [0.2, 0.25) is 0 Å². The zero-order valence-electron chi connectivity index (χ0n) is 8.87. The van der Waals surface area contributed by atoms with Gasteiger partial charge in [-0.1, -0.05) is 20.4 Å². The van der Waals surface area contributed by atoms with Crippen molar-refractivity contribution in [1.82, 2.24) is 9.59 Å². The van der Waals surface area contributed by atoms with Gasteiger partial charge in [0.15, 0.2) is 0 Å². The quantitative estimate of drug-likeness (QED) is 0.681. The van der Waals surface area contributed by atoms with E-state index in [4.69, 9.17) is 10.5 Å². The smallest absolute Gasteiger partial charge is 0.274 e. The number of aromatic nitrogens is 2. The summed E-state index contributed by atoms with van der Waals surface area (Å²) >= 11 is 4.25. The van der Waals surface area contributed by atoms with Crippen molar-refractivity contribution in [3.8, 4) is 5.75 Å². The van der Waals surface area contributed by atoms with Gasteiger partial charge in [0, 0.05) is 22.1 Å². The lowest BCUT2D eigenvalue weighted by atomic mass is 10.3. The number of nitrogen functional groups attached to an aromatic ring is 1. The first-order valence-electron chi connectivity index (χ1n) is 4.71. The molecule has 0 aliphatic rings. The second kappa shape index (κ2) is 5.27. The highest BCUT2D eigenvalue weighted by Crippen LogP contribution is 2.27. The Bertz CT molecular complexity index is 589. The van der Waals surface area contributed by atoms with E-state index in [1.54, 1.807) is 6.07 Å². The number of nitrogens with two attached hydrogens (primary N) is 1. The molecule has 0 saturated heterocycles. The maximum Gasteiger partial charge on any atom is 0.274 e. The van der Waals surface area contributed by atoms with Crippen molar-refractivity contribution in [2.24, 2.45) is 0 Å². The average molecular weight is 331 g/mol. The normalized spacial score (nSPS) is 10.3. The molecule has 0 spiro atoms. The molecule has 2 aromatic rings. The van der Waals surface area contributed by atoms with E-state index in [1.165, 1.54) is 12.1 Å². The van der Waals surface area contributed by atoms with Crippen LogP contribution < -0.4 is 10.5 Å². The average Bonchev–Trinajstić information content (AvgIpc) is 2.71. The molecule has 0 saturated carbocycles. The number of nitro benzene ring substituents is 1. The number of anilines is 1. The van der Waals surface area contributed by atoms with Crippen LogP contribution in [0.5, 0.6) is 5.75 Å². The van der Waals surface area contributed by atoms with E-state index in [0.29, 0.717) is 20.9 Å². The summed E-state index contributed by atoms with van der Waals surface area (Å²) in [7, 11) is 0. The summed E-state index contributed by atoms with van der Waals surface area (Å²) in [4.78, 5) is 10.2. The number of ether oxygens (including phenoxy) is 1. The van der Waals surface area contributed by atoms with Gasteiger partial charge in [0.1, 0.15) is 23.1 Å². The summed E-state index contributed by atoms with van der Waals surface area (Å²) < 4.78 is 9.62. The molecule has 0 aliphatic carbocycles. The summed E-state index contributed by atoms with van der Waals surface area (Å²) in [6.45, 7) is 0.121. The molecule has 9 heteroatoms. The van der Waals surface area contributed by atoms with Gasteiger partial charge in [0.25, 0.3) is 5.69 Å². The third-order valence-corrected chi connectivity index (χ3v) is 3.08. The monoisotopic (exact) mass is 330 g/mol. The topological polar surface area (TPSA) is 104 Å². The van der Waals surface area contributed by atoms with Crippen LogP contribution in [0, 0.1) is 10.1 Å². The molecule has 2 rings (SSSR count). The first-order chi connectivity index (χ1) is 8.56. The van der Waals surface area contributed by atoms with Crippen LogP contribution in [0.15, 0.2) is 22.7 Å². The van der Waals surface area contributed by atoms with Gasteiger partial charge in [-0.25, -0.2) is 0 Å². The van der Waals surface area contributed by atoms with Crippen molar-refractivity contribution < 1.29 is 9.66 Å². The Kier molecular flexibility index (Phi) is 3.72. The van der Waals surface area contributed by atoms with Crippen LogP contribution in [0.4, 0.5) is 10.7 Å². The van der Waals surface area contributed by atoms with Gasteiger partial charge in [-0.3, -0.25) is 10.1 Å². The lowest BCUT2D eigenvalue weighted by Gasteiger charge is -2.05. The highest BCUT2D eigenvalue weighted by atomic mass is 79.9. The van der Waals surface area contributed by atoms with Crippen LogP contribution in [0.1, 0.15) is 5.69 Å². The summed E-state index contributed by atoms with van der Waals surface area (Å²) in [6, 6.07) is 4.36. The molecule has 0 radical (unpaired) electrons. The Morgan fingerprint density at radius 2 is 2.28 bits per heavy atom. The van der Waals surface area contributed by atoms with Gasteiger partial charge in [-0.05, 0) is 6.07 Å². The van der Waals surface area contributed by atoms with E-state index in [1.807, 2.05) is 0 Å². The van der Waals surface area contributed by atoms with E-state index in [-0.39, 0.29) is 12.3 Å². The Labute approximate surface area is 114 Å². The molecule has 0 unspecified atom stereocenters. The van der Waals surface area contributed by atoms with Crippen LogP contribution in [-0.4, -0.2) is 14.5 Å². The standard InChI is InChI=1S/C9H7BrN4O3S/c10-5-1-6(14(15)16)3-7(2-5)17-4-8-9(11)18-13-12-8/h1-3H,4,11H2. The SMILES string of the molecule is Nc1snnc1COc1cc(Br)cc([N+](=O)[O-])c1. The third-order valence-electron chi connectivity index (χ3n) is 2.03. The van der Waals surface area contributed by atoms with Crippen molar-refractivity contribution in [2.45, 2.75) is 6.61 Å². The van der Waals surface area contributed by atoms with E-state index in [9.17, 15) is 10.1 Å². The first-order valence-corrected chi connectivity index (χ1v) is 6.27. The van der Waals surface area contributed by atoms with E-state index in [2.05, 4.69) is 25.5 Å². The number of halogens is 1. The van der Waals surface area contributed by atoms with Crippen LogP contribution >= 0.6 is 27.5 Å². The second-order valence-electron chi connectivity index (χ2n) is 3.27. The Balaban J connectivity index is 2.14. The number of benzene rings is 1. The molecular weight excluding hydrogens is 324 g/mol. The molecule has 0 atom stereocenters. The zero-order valence-corrected chi connectivity index (χ0v) is 11.3. The molecule has 94 valence electrons. The number of nitro groups is 1. The minimum absolute atomic E-state index is 0.0521.